The lowest BCUT2D eigenvalue weighted by Gasteiger charge is -2.22. The van der Waals surface area contributed by atoms with Crippen LogP contribution in [0.3, 0.4) is 0 Å². The lowest BCUT2D eigenvalue weighted by molar-refractivity contribution is -0.119. The summed E-state index contributed by atoms with van der Waals surface area (Å²) in [6.45, 7) is 0.143. The molecule has 0 aliphatic rings. The Morgan fingerprint density at radius 2 is 1.71 bits per heavy atom. The molecule has 0 aliphatic heterocycles. The van der Waals surface area contributed by atoms with Crippen molar-refractivity contribution in [3.05, 3.63) is 65.7 Å². The van der Waals surface area contributed by atoms with E-state index in [4.69, 9.17) is 5.73 Å². The maximum atomic E-state index is 13.6. The Morgan fingerprint density at radius 3 is 2.38 bits per heavy atom. The third kappa shape index (κ3) is 4.87. The molecule has 0 heterocycles. The van der Waals surface area contributed by atoms with Gasteiger partial charge in [-0.3, -0.25) is 9.59 Å². The van der Waals surface area contributed by atoms with Gasteiger partial charge in [-0.1, -0.05) is 18.2 Å². The SMILES string of the molecule is NC(=O)CCN(C(=O)CCc1cc(F)ccc1F)c1ccccc1. The van der Waals surface area contributed by atoms with Crippen molar-refractivity contribution in [2.45, 2.75) is 19.3 Å². The van der Waals surface area contributed by atoms with Crippen molar-refractivity contribution in [2.75, 3.05) is 11.4 Å². The van der Waals surface area contributed by atoms with Crippen molar-refractivity contribution in [3.63, 3.8) is 0 Å². The highest BCUT2D eigenvalue weighted by molar-refractivity contribution is 5.94. The van der Waals surface area contributed by atoms with E-state index in [-0.39, 0.29) is 37.3 Å². The number of benzene rings is 2. The molecule has 0 unspecified atom stereocenters. The van der Waals surface area contributed by atoms with Gasteiger partial charge >= 0.3 is 0 Å². The molecular formula is C18H18F2N2O2. The van der Waals surface area contributed by atoms with E-state index in [1.807, 2.05) is 6.07 Å². The van der Waals surface area contributed by atoms with E-state index in [0.717, 1.165) is 18.2 Å². The summed E-state index contributed by atoms with van der Waals surface area (Å²) < 4.78 is 26.8. The molecule has 0 fully saturated rings. The zero-order chi connectivity index (χ0) is 17.5. The maximum Gasteiger partial charge on any atom is 0.227 e. The second-order valence-electron chi connectivity index (χ2n) is 5.33. The number of amides is 2. The van der Waals surface area contributed by atoms with Gasteiger partial charge in [-0.15, -0.1) is 0 Å². The maximum absolute atomic E-state index is 13.6. The van der Waals surface area contributed by atoms with Gasteiger partial charge in [-0.25, -0.2) is 8.78 Å². The zero-order valence-corrected chi connectivity index (χ0v) is 13.0. The van der Waals surface area contributed by atoms with E-state index in [2.05, 4.69) is 0 Å². The number of carbonyl (C=O) groups excluding carboxylic acids is 2. The quantitative estimate of drug-likeness (QED) is 0.847. The molecule has 0 saturated carbocycles. The average molecular weight is 332 g/mol. The lowest BCUT2D eigenvalue weighted by Crippen LogP contribution is -2.34. The standard InChI is InChI=1S/C18H18F2N2O2/c19-14-7-8-16(20)13(12-14)6-9-18(24)22(11-10-17(21)23)15-4-2-1-3-5-15/h1-5,7-8,12H,6,9-11H2,(H2,21,23). The van der Waals surface area contributed by atoms with Crippen LogP contribution in [0.25, 0.3) is 0 Å². The van der Waals surface area contributed by atoms with Crippen molar-refractivity contribution in [3.8, 4) is 0 Å². The minimum atomic E-state index is -0.549. The number of halogens is 2. The normalized spacial score (nSPS) is 10.4. The molecular weight excluding hydrogens is 314 g/mol. The molecule has 126 valence electrons. The first-order chi connectivity index (χ1) is 11.5. The van der Waals surface area contributed by atoms with Gasteiger partial charge in [-0.05, 0) is 42.3 Å². The van der Waals surface area contributed by atoms with Gasteiger partial charge < -0.3 is 10.6 Å². The van der Waals surface area contributed by atoms with Crippen LogP contribution in [0.2, 0.25) is 0 Å². The number of hydrogen-bond acceptors (Lipinski definition) is 2. The Labute approximate surface area is 138 Å². The molecule has 0 bridgehead atoms. The highest BCUT2D eigenvalue weighted by Gasteiger charge is 2.17. The van der Waals surface area contributed by atoms with Crippen molar-refractivity contribution in [2.24, 2.45) is 5.73 Å². The van der Waals surface area contributed by atoms with Crippen LogP contribution in [-0.2, 0) is 16.0 Å². The average Bonchev–Trinajstić information content (AvgIpc) is 2.56. The second-order valence-corrected chi connectivity index (χ2v) is 5.33. The summed E-state index contributed by atoms with van der Waals surface area (Å²) in [5, 5.41) is 0. The molecule has 6 heteroatoms. The summed E-state index contributed by atoms with van der Waals surface area (Å²) in [4.78, 5) is 24.9. The van der Waals surface area contributed by atoms with Crippen LogP contribution in [0, 0.1) is 11.6 Å². The van der Waals surface area contributed by atoms with Gasteiger partial charge in [0.1, 0.15) is 11.6 Å². The number of aryl methyl sites for hydroxylation is 1. The summed E-state index contributed by atoms with van der Waals surface area (Å²) in [7, 11) is 0. The first-order valence-corrected chi connectivity index (χ1v) is 7.55. The largest absolute Gasteiger partial charge is 0.370 e. The van der Waals surface area contributed by atoms with Gasteiger partial charge in [0, 0.05) is 25.1 Å². The van der Waals surface area contributed by atoms with E-state index < -0.39 is 17.5 Å². The van der Waals surface area contributed by atoms with Crippen molar-refractivity contribution >= 4 is 17.5 Å². The van der Waals surface area contributed by atoms with Crippen LogP contribution in [0.1, 0.15) is 18.4 Å². The van der Waals surface area contributed by atoms with Gasteiger partial charge in [0.2, 0.25) is 11.8 Å². The summed E-state index contributed by atoms with van der Waals surface area (Å²) in [6, 6.07) is 12.0. The molecule has 0 aromatic heterocycles. The van der Waals surface area contributed by atoms with Crippen LogP contribution in [0.4, 0.5) is 14.5 Å². The first kappa shape index (κ1) is 17.6. The summed E-state index contributed by atoms with van der Waals surface area (Å²) in [6.07, 6.45) is 0.0886. The van der Waals surface area contributed by atoms with Crippen LogP contribution < -0.4 is 10.6 Å². The first-order valence-electron chi connectivity index (χ1n) is 7.55. The molecule has 0 radical (unpaired) electrons. The van der Waals surface area contributed by atoms with Crippen molar-refractivity contribution in [1.82, 2.24) is 0 Å². The van der Waals surface area contributed by atoms with Gasteiger partial charge in [-0.2, -0.15) is 0 Å². The summed E-state index contributed by atoms with van der Waals surface area (Å²) in [5.74, 6) is -1.90. The Balaban J connectivity index is 2.09. The fourth-order valence-corrected chi connectivity index (χ4v) is 2.34. The summed E-state index contributed by atoms with van der Waals surface area (Å²) >= 11 is 0. The topological polar surface area (TPSA) is 63.4 Å². The third-order valence-corrected chi connectivity index (χ3v) is 3.57. The van der Waals surface area contributed by atoms with Crippen LogP contribution in [-0.4, -0.2) is 18.4 Å². The summed E-state index contributed by atoms with van der Waals surface area (Å²) in [5.41, 5.74) is 5.93. The van der Waals surface area contributed by atoms with E-state index in [1.54, 1.807) is 24.3 Å². The fraction of sp³-hybridized carbons (Fsp3) is 0.222. The Morgan fingerprint density at radius 1 is 1.00 bits per heavy atom. The number of para-hydroxylation sites is 1. The van der Waals surface area contributed by atoms with E-state index in [0.29, 0.717) is 5.69 Å². The molecule has 0 saturated heterocycles. The predicted molar refractivity (Wildman–Crippen MR) is 87.3 cm³/mol. The van der Waals surface area contributed by atoms with Gasteiger partial charge in [0.05, 0.1) is 0 Å². The highest BCUT2D eigenvalue weighted by atomic mass is 19.1. The number of carbonyl (C=O) groups is 2. The number of rotatable bonds is 7. The molecule has 0 atom stereocenters. The molecule has 0 spiro atoms. The number of hydrogen-bond donors (Lipinski definition) is 1. The number of primary amides is 1. The number of nitrogens with zero attached hydrogens (tertiary/aromatic N) is 1. The number of anilines is 1. The molecule has 24 heavy (non-hydrogen) atoms. The Kier molecular flexibility index (Phi) is 6.01. The van der Waals surface area contributed by atoms with Gasteiger partial charge in [0.15, 0.2) is 0 Å². The highest BCUT2D eigenvalue weighted by Crippen LogP contribution is 2.17. The number of nitrogens with two attached hydrogens (primary N) is 1. The Bertz CT molecular complexity index is 720. The van der Waals surface area contributed by atoms with Crippen LogP contribution >= 0.6 is 0 Å². The van der Waals surface area contributed by atoms with Crippen molar-refractivity contribution < 1.29 is 18.4 Å². The van der Waals surface area contributed by atoms with E-state index in [1.165, 1.54) is 4.90 Å². The predicted octanol–water partition coefficient (Wildman–Crippen LogP) is 2.81. The lowest BCUT2D eigenvalue weighted by atomic mass is 10.1. The third-order valence-electron chi connectivity index (χ3n) is 3.57. The molecule has 0 aliphatic carbocycles. The second kappa shape index (κ2) is 8.19. The molecule has 4 nitrogen and oxygen atoms in total. The smallest absolute Gasteiger partial charge is 0.227 e. The van der Waals surface area contributed by atoms with Crippen LogP contribution in [0.15, 0.2) is 48.5 Å². The molecule has 2 rings (SSSR count). The zero-order valence-electron chi connectivity index (χ0n) is 13.0. The van der Waals surface area contributed by atoms with E-state index in [9.17, 15) is 18.4 Å². The minimum absolute atomic E-state index is 0.00592. The van der Waals surface area contributed by atoms with E-state index >= 15 is 0 Å². The fourth-order valence-electron chi connectivity index (χ4n) is 2.34. The molecule has 2 aromatic carbocycles. The van der Waals surface area contributed by atoms with Crippen molar-refractivity contribution in [1.29, 1.82) is 0 Å². The molecule has 2 amide bonds. The van der Waals surface area contributed by atoms with Crippen LogP contribution in [0.5, 0.6) is 0 Å². The molecule has 2 N–H and O–H groups in total. The van der Waals surface area contributed by atoms with Gasteiger partial charge in [0.25, 0.3) is 0 Å². The Hall–Kier alpha value is -2.76. The minimum Gasteiger partial charge on any atom is -0.370 e. The monoisotopic (exact) mass is 332 g/mol. The molecule has 2 aromatic rings.